The van der Waals surface area contributed by atoms with Gasteiger partial charge in [-0.1, -0.05) is 6.07 Å². The minimum absolute atomic E-state index is 0.00478. The molecule has 0 heterocycles. The normalized spacial score (nSPS) is 12.0. The van der Waals surface area contributed by atoms with Crippen molar-refractivity contribution in [2.75, 3.05) is 26.4 Å². The summed E-state index contributed by atoms with van der Waals surface area (Å²) in [7, 11) is 0. The molecule has 33 heavy (non-hydrogen) atoms. The van der Waals surface area contributed by atoms with Crippen LogP contribution in [0.4, 0.5) is 14.4 Å². The molecule has 0 aromatic heterocycles. The van der Waals surface area contributed by atoms with Crippen LogP contribution in [0.1, 0.15) is 33.3 Å². The van der Waals surface area contributed by atoms with E-state index in [1.165, 1.54) is 25.1 Å². The van der Waals surface area contributed by atoms with Crippen LogP contribution in [-0.2, 0) is 34.9 Å². The molecule has 184 valence electrons. The van der Waals surface area contributed by atoms with Gasteiger partial charge in [0.05, 0.1) is 19.8 Å². The molecule has 1 aromatic rings. The van der Waals surface area contributed by atoms with E-state index in [4.69, 9.17) is 34.2 Å². The van der Waals surface area contributed by atoms with Crippen molar-refractivity contribution in [1.82, 2.24) is 0 Å². The Morgan fingerprint density at radius 3 is 1.94 bits per heavy atom. The van der Waals surface area contributed by atoms with Gasteiger partial charge in [0.1, 0.15) is 18.8 Å². The number of hydrogen-bond donors (Lipinski definition) is 1. The zero-order chi connectivity index (χ0) is 24.8. The monoisotopic (exact) mass is 471 g/mol. The summed E-state index contributed by atoms with van der Waals surface area (Å²) >= 11 is 0. The number of rotatable bonds is 11. The van der Waals surface area contributed by atoms with Crippen LogP contribution in [0.25, 0.3) is 0 Å². The van der Waals surface area contributed by atoms with Crippen molar-refractivity contribution < 1.29 is 52.3 Å². The zero-order valence-electron chi connectivity index (χ0n) is 19.0. The van der Waals surface area contributed by atoms with E-state index in [1.807, 2.05) is 0 Å². The Kier molecular flexibility index (Phi) is 12.1. The van der Waals surface area contributed by atoms with Gasteiger partial charge >= 0.3 is 24.4 Å². The molecule has 12 nitrogen and oxygen atoms in total. The van der Waals surface area contributed by atoms with E-state index in [2.05, 4.69) is 4.74 Å². The van der Waals surface area contributed by atoms with Crippen LogP contribution >= 0.6 is 0 Å². The molecule has 0 aliphatic carbocycles. The van der Waals surface area contributed by atoms with Crippen LogP contribution in [0.15, 0.2) is 18.2 Å². The van der Waals surface area contributed by atoms with Gasteiger partial charge in [-0.05, 0) is 51.8 Å². The maximum Gasteiger partial charge on any atom is 0.513 e. The van der Waals surface area contributed by atoms with Crippen LogP contribution < -0.4 is 15.2 Å². The molecule has 2 atom stereocenters. The molecule has 1 rings (SSSR count). The molecular weight excluding hydrogens is 442 g/mol. The van der Waals surface area contributed by atoms with Gasteiger partial charge in [0, 0.05) is 0 Å². The van der Waals surface area contributed by atoms with Crippen molar-refractivity contribution >= 4 is 24.4 Å². The number of carbonyl (C=O) groups excluding carboxylic acids is 4. The highest BCUT2D eigenvalue weighted by Gasteiger charge is 2.21. The first-order valence-corrected chi connectivity index (χ1v) is 10.3. The Labute approximate surface area is 191 Å². The Hall–Kier alpha value is -3.54. The second-order valence-corrected chi connectivity index (χ2v) is 6.40. The predicted molar refractivity (Wildman–Crippen MR) is 112 cm³/mol. The molecule has 12 heteroatoms. The van der Waals surface area contributed by atoms with E-state index in [0.717, 1.165) is 0 Å². The van der Waals surface area contributed by atoms with Gasteiger partial charge in [0.25, 0.3) is 0 Å². The first-order chi connectivity index (χ1) is 15.7. The fraction of sp³-hybridized carbons (Fsp3) is 0.524. The zero-order valence-corrected chi connectivity index (χ0v) is 19.0. The molecule has 0 saturated carbocycles. The second kappa shape index (κ2) is 14.5. The number of nitrogens with two attached hydrogens (primary N) is 1. The maximum atomic E-state index is 12.2. The fourth-order valence-corrected chi connectivity index (χ4v) is 2.31. The average molecular weight is 471 g/mol. The maximum absolute atomic E-state index is 12.2. The molecule has 0 aliphatic heterocycles. The highest BCUT2D eigenvalue weighted by Crippen LogP contribution is 2.30. The lowest BCUT2D eigenvalue weighted by atomic mass is 10.1. The number of ether oxygens (including phenoxy) is 7. The van der Waals surface area contributed by atoms with Crippen LogP contribution in [0.5, 0.6) is 11.5 Å². The minimum atomic E-state index is -1.08. The van der Waals surface area contributed by atoms with Crippen molar-refractivity contribution in [2.45, 2.75) is 46.3 Å². The van der Waals surface area contributed by atoms with Gasteiger partial charge in [0.15, 0.2) is 11.5 Å². The number of esters is 1. The SMILES string of the molecule is CCOC(=O)Oc1ccc(C[C@H](N)C(=O)OC[C@H](C)OC(=O)OCC)cc1OC(=O)OCC. The molecule has 0 spiro atoms. The lowest BCUT2D eigenvalue weighted by molar-refractivity contribution is -0.148. The van der Waals surface area contributed by atoms with E-state index in [-0.39, 0.29) is 44.3 Å². The van der Waals surface area contributed by atoms with Crippen LogP contribution in [0.2, 0.25) is 0 Å². The molecule has 0 unspecified atom stereocenters. The third-order valence-corrected chi connectivity index (χ3v) is 3.70. The molecular formula is C21H29NO11. The summed E-state index contributed by atoms with van der Waals surface area (Å²) in [5.41, 5.74) is 6.37. The Bertz CT molecular complexity index is 811. The summed E-state index contributed by atoms with van der Waals surface area (Å²) in [6.45, 7) is 6.45. The number of carbonyl (C=O) groups is 4. The summed E-state index contributed by atoms with van der Waals surface area (Å²) in [5.74, 6) is -0.962. The second-order valence-electron chi connectivity index (χ2n) is 6.40. The third kappa shape index (κ3) is 10.5. The summed E-state index contributed by atoms with van der Waals surface area (Å²) in [4.78, 5) is 46.8. The first-order valence-electron chi connectivity index (χ1n) is 10.3. The highest BCUT2D eigenvalue weighted by molar-refractivity contribution is 5.76. The van der Waals surface area contributed by atoms with Gasteiger partial charge in [-0.15, -0.1) is 0 Å². The summed E-state index contributed by atoms with van der Waals surface area (Å²) in [6, 6.07) is 3.16. The van der Waals surface area contributed by atoms with Crippen molar-refractivity contribution in [2.24, 2.45) is 5.73 Å². The van der Waals surface area contributed by atoms with E-state index in [1.54, 1.807) is 20.8 Å². The molecule has 2 N–H and O–H groups in total. The highest BCUT2D eigenvalue weighted by atomic mass is 16.7. The molecule has 0 amide bonds. The Balaban J connectivity index is 2.79. The summed E-state index contributed by atoms with van der Waals surface area (Å²) in [5, 5.41) is 0. The number of benzene rings is 1. The van der Waals surface area contributed by atoms with E-state index < -0.39 is 36.6 Å². The standard InChI is InChI=1S/C21H29NO11/c1-5-27-19(24)31-13(4)12-30-18(23)15(22)10-14-8-9-16(32-20(25)28-6-2)17(11-14)33-21(26)29-7-3/h8-9,11,13,15H,5-7,10,12,22H2,1-4H3/t13-,15-/m0/s1. The summed E-state index contributed by atoms with van der Waals surface area (Å²) in [6.07, 6.45) is -3.60. The predicted octanol–water partition coefficient (Wildman–Crippen LogP) is 2.73. The van der Waals surface area contributed by atoms with E-state index in [0.29, 0.717) is 5.56 Å². The van der Waals surface area contributed by atoms with Crippen molar-refractivity contribution in [3.63, 3.8) is 0 Å². The number of hydrogen-bond acceptors (Lipinski definition) is 12. The van der Waals surface area contributed by atoms with Crippen molar-refractivity contribution in [3.05, 3.63) is 23.8 Å². The average Bonchev–Trinajstić information content (AvgIpc) is 2.74. The van der Waals surface area contributed by atoms with Crippen LogP contribution in [0.3, 0.4) is 0 Å². The van der Waals surface area contributed by atoms with Gasteiger partial charge in [-0.25, -0.2) is 14.4 Å². The molecule has 0 fully saturated rings. The van der Waals surface area contributed by atoms with Gasteiger partial charge in [0.2, 0.25) is 0 Å². The third-order valence-electron chi connectivity index (χ3n) is 3.70. The summed E-state index contributed by atoms with van der Waals surface area (Å²) < 4.78 is 34.1. The molecule has 1 aromatic carbocycles. The minimum Gasteiger partial charge on any atom is -0.461 e. The van der Waals surface area contributed by atoms with E-state index >= 15 is 0 Å². The largest absolute Gasteiger partial charge is 0.513 e. The van der Waals surface area contributed by atoms with Crippen molar-refractivity contribution in [3.8, 4) is 11.5 Å². The molecule has 0 saturated heterocycles. The smallest absolute Gasteiger partial charge is 0.461 e. The lowest BCUT2D eigenvalue weighted by Gasteiger charge is -2.16. The van der Waals surface area contributed by atoms with Crippen LogP contribution in [0, 0.1) is 0 Å². The van der Waals surface area contributed by atoms with Gasteiger partial charge in [-0.2, -0.15) is 0 Å². The lowest BCUT2D eigenvalue weighted by Crippen LogP contribution is -2.36. The first kappa shape index (κ1) is 27.5. The van der Waals surface area contributed by atoms with Crippen LogP contribution in [-0.4, -0.2) is 63.0 Å². The topological polar surface area (TPSA) is 159 Å². The van der Waals surface area contributed by atoms with Gasteiger partial charge in [-0.3, -0.25) is 4.79 Å². The van der Waals surface area contributed by atoms with Crippen molar-refractivity contribution in [1.29, 1.82) is 0 Å². The Morgan fingerprint density at radius 2 is 1.36 bits per heavy atom. The fourth-order valence-electron chi connectivity index (χ4n) is 2.31. The molecule has 0 aliphatic rings. The Morgan fingerprint density at radius 1 is 0.818 bits per heavy atom. The van der Waals surface area contributed by atoms with E-state index in [9.17, 15) is 19.2 Å². The quantitative estimate of drug-likeness (QED) is 0.286. The van der Waals surface area contributed by atoms with Gasteiger partial charge < -0.3 is 38.9 Å². The molecule has 0 bridgehead atoms. The molecule has 0 radical (unpaired) electrons.